The van der Waals surface area contributed by atoms with E-state index in [0.717, 1.165) is 5.52 Å². The lowest BCUT2D eigenvalue weighted by Crippen LogP contribution is -1.73. The Hall–Kier alpha value is -0.890. The number of thiophene rings is 1. The number of nitrogens with zero attached hydrogens (tertiary/aromatic N) is 1. The molecule has 0 N–H and O–H groups in total. The molecule has 56 valence electrons. The van der Waals surface area contributed by atoms with Gasteiger partial charge >= 0.3 is 0 Å². The standard InChI is InChI=1S/C9H9NS/c1-6-3-9-8(10-5-6)4-7(2)11-9/h3-5H,1-2H3. The van der Waals surface area contributed by atoms with Crippen LogP contribution < -0.4 is 0 Å². The molecule has 0 radical (unpaired) electrons. The van der Waals surface area contributed by atoms with E-state index >= 15 is 0 Å². The maximum absolute atomic E-state index is 4.31. The van der Waals surface area contributed by atoms with Gasteiger partial charge in [0.1, 0.15) is 0 Å². The summed E-state index contributed by atoms with van der Waals surface area (Å²) in [4.78, 5) is 5.64. The van der Waals surface area contributed by atoms with Gasteiger partial charge in [0.25, 0.3) is 0 Å². The molecule has 2 rings (SSSR count). The van der Waals surface area contributed by atoms with Gasteiger partial charge in [0, 0.05) is 11.1 Å². The molecular formula is C9H9NS. The minimum atomic E-state index is 1.12. The number of hydrogen-bond donors (Lipinski definition) is 0. The molecule has 0 unspecified atom stereocenters. The van der Waals surface area contributed by atoms with Gasteiger partial charge in [-0.05, 0) is 31.5 Å². The van der Waals surface area contributed by atoms with Crippen molar-refractivity contribution in [2.24, 2.45) is 0 Å². The average molecular weight is 163 g/mol. The predicted octanol–water partition coefficient (Wildman–Crippen LogP) is 2.91. The Morgan fingerprint density at radius 3 is 2.91 bits per heavy atom. The van der Waals surface area contributed by atoms with Gasteiger partial charge in [-0.3, -0.25) is 4.98 Å². The van der Waals surface area contributed by atoms with Crippen LogP contribution in [0.2, 0.25) is 0 Å². The molecule has 2 aromatic rings. The van der Waals surface area contributed by atoms with E-state index in [2.05, 4.69) is 31.0 Å². The summed E-state index contributed by atoms with van der Waals surface area (Å²) >= 11 is 1.80. The Labute approximate surface area is 69.7 Å². The molecule has 1 nitrogen and oxygen atoms in total. The number of rotatable bonds is 0. The fraction of sp³-hybridized carbons (Fsp3) is 0.222. The van der Waals surface area contributed by atoms with Gasteiger partial charge in [0.05, 0.1) is 10.2 Å². The minimum absolute atomic E-state index is 1.12. The van der Waals surface area contributed by atoms with Crippen LogP contribution in [0, 0.1) is 13.8 Å². The summed E-state index contributed by atoms with van der Waals surface area (Å²) in [7, 11) is 0. The van der Waals surface area contributed by atoms with Crippen molar-refractivity contribution in [3.05, 3.63) is 28.8 Å². The van der Waals surface area contributed by atoms with Crippen molar-refractivity contribution in [1.82, 2.24) is 4.98 Å². The van der Waals surface area contributed by atoms with Gasteiger partial charge in [0.15, 0.2) is 0 Å². The second kappa shape index (κ2) is 2.31. The molecule has 0 fully saturated rings. The van der Waals surface area contributed by atoms with Crippen molar-refractivity contribution in [3.8, 4) is 0 Å². The molecule has 0 atom stereocenters. The summed E-state index contributed by atoms with van der Waals surface area (Å²) in [6, 6.07) is 4.30. The van der Waals surface area contributed by atoms with E-state index in [1.165, 1.54) is 15.1 Å². The SMILES string of the molecule is Cc1cnc2cc(C)sc2c1. The first-order valence-electron chi connectivity index (χ1n) is 3.58. The Balaban J connectivity index is 2.82. The number of fused-ring (bicyclic) bond motifs is 1. The van der Waals surface area contributed by atoms with Gasteiger partial charge < -0.3 is 0 Å². The second-order valence-electron chi connectivity index (χ2n) is 2.75. The van der Waals surface area contributed by atoms with E-state index in [1.54, 1.807) is 11.3 Å². The normalized spacial score (nSPS) is 10.7. The number of pyridine rings is 1. The highest BCUT2D eigenvalue weighted by molar-refractivity contribution is 7.18. The fourth-order valence-electron chi connectivity index (χ4n) is 1.14. The highest BCUT2D eigenvalue weighted by Gasteiger charge is 1.97. The maximum atomic E-state index is 4.31. The predicted molar refractivity (Wildman–Crippen MR) is 49.1 cm³/mol. The number of aryl methyl sites for hydroxylation is 2. The van der Waals surface area contributed by atoms with E-state index in [0.29, 0.717) is 0 Å². The minimum Gasteiger partial charge on any atom is -0.255 e. The molecule has 0 bridgehead atoms. The van der Waals surface area contributed by atoms with Gasteiger partial charge in [-0.2, -0.15) is 0 Å². The van der Waals surface area contributed by atoms with Gasteiger partial charge in [-0.25, -0.2) is 0 Å². The number of hydrogen-bond acceptors (Lipinski definition) is 2. The lowest BCUT2D eigenvalue weighted by atomic mass is 10.3. The Morgan fingerprint density at radius 1 is 1.27 bits per heavy atom. The fourth-order valence-corrected chi connectivity index (χ4v) is 2.12. The molecule has 0 aliphatic heterocycles. The second-order valence-corrected chi connectivity index (χ2v) is 4.04. The summed E-state index contributed by atoms with van der Waals surface area (Å²) in [6.07, 6.45) is 1.91. The Bertz CT molecular complexity index is 389. The largest absolute Gasteiger partial charge is 0.255 e. The van der Waals surface area contributed by atoms with E-state index in [-0.39, 0.29) is 0 Å². The van der Waals surface area contributed by atoms with Crippen LogP contribution in [0.1, 0.15) is 10.4 Å². The van der Waals surface area contributed by atoms with E-state index < -0.39 is 0 Å². The molecule has 0 aromatic carbocycles. The Morgan fingerprint density at radius 2 is 2.09 bits per heavy atom. The summed E-state index contributed by atoms with van der Waals surface area (Å²) in [5, 5.41) is 0. The highest BCUT2D eigenvalue weighted by atomic mass is 32.1. The maximum Gasteiger partial charge on any atom is 0.0812 e. The van der Waals surface area contributed by atoms with Crippen LogP contribution >= 0.6 is 11.3 Å². The van der Waals surface area contributed by atoms with E-state index in [9.17, 15) is 0 Å². The Kier molecular flexibility index (Phi) is 1.43. The van der Waals surface area contributed by atoms with E-state index in [1.807, 2.05) is 6.20 Å². The molecule has 0 aliphatic rings. The van der Waals surface area contributed by atoms with Crippen LogP contribution in [0.25, 0.3) is 10.2 Å². The van der Waals surface area contributed by atoms with Crippen molar-refractivity contribution in [2.45, 2.75) is 13.8 Å². The van der Waals surface area contributed by atoms with Crippen LogP contribution in [0.4, 0.5) is 0 Å². The van der Waals surface area contributed by atoms with Gasteiger partial charge in [0.2, 0.25) is 0 Å². The quantitative estimate of drug-likeness (QED) is 0.582. The molecule has 11 heavy (non-hydrogen) atoms. The first kappa shape index (κ1) is 6.80. The number of aromatic nitrogens is 1. The lowest BCUT2D eigenvalue weighted by Gasteiger charge is -1.89. The summed E-state index contributed by atoms with van der Waals surface area (Å²) in [5.74, 6) is 0. The van der Waals surface area contributed by atoms with Gasteiger partial charge in [-0.1, -0.05) is 0 Å². The summed E-state index contributed by atoms with van der Waals surface area (Å²) in [6.45, 7) is 4.18. The lowest BCUT2D eigenvalue weighted by molar-refractivity contribution is 1.34. The highest BCUT2D eigenvalue weighted by Crippen LogP contribution is 2.23. The third kappa shape index (κ3) is 1.14. The van der Waals surface area contributed by atoms with Crippen molar-refractivity contribution in [3.63, 3.8) is 0 Å². The monoisotopic (exact) mass is 163 g/mol. The molecule has 0 saturated carbocycles. The van der Waals surface area contributed by atoms with Crippen molar-refractivity contribution < 1.29 is 0 Å². The topological polar surface area (TPSA) is 12.9 Å². The van der Waals surface area contributed by atoms with Crippen molar-refractivity contribution in [1.29, 1.82) is 0 Å². The molecule has 2 heteroatoms. The molecule has 0 saturated heterocycles. The van der Waals surface area contributed by atoms with Crippen LogP contribution in [-0.4, -0.2) is 4.98 Å². The summed E-state index contributed by atoms with van der Waals surface area (Å²) in [5.41, 5.74) is 2.36. The molecule has 0 spiro atoms. The molecule has 2 aromatic heterocycles. The van der Waals surface area contributed by atoms with Crippen LogP contribution in [0.5, 0.6) is 0 Å². The summed E-state index contributed by atoms with van der Waals surface area (Å²) < 4.78 is 1.29. The third-order valence-electron chi connectivity index (χ3n) is 1.63. The first-order valence-corrected chi connectivity index (χ1v) is 4.40. The van der Waals surface area contributed by atoms with Crippen molar-refractivity contribution in [2.75, 3.05) is 0 Å². The van der Waals surface area contributed by atoms with Crippen LogP contribution in [0.3, 0.4) is 0 Å². The van der Waals surface area contributed by atoms with Gasteiger partial charge in [-0.15, -0.1) is 11.3 Å². The zero-order valence-corrected chi connectivity index (χ0v) is 7.40. The first-order chi connectivity index (χ1) is 5.25. The smallest absolute Gasteiger partial charge is 0.0812 e. The zero-order chi connectivity index (χ0) is 7.84. The third-order valence-corrected chi connectivity index (χ3v) is 2.62. The average Bonchev–Trinajstić information content (AvgIpc) is 2.27. The molecule has 0 aliphatic carbocycles. The zero-order valence-electron chi connectivity index (χ0n) is 6.59. The van der Waals surface area contributed by atoms with Crippen LogP contribution in [-0.2, 0) is 0 Å². The van der Waals surface area contributed by atoms with E-state index in [4.69, 9.17) is 0 Å². The molecule has 0 amide bonds. The van der Waals surface area contributed by atoms with Crippen LogP contribution in [0.15, 0.2) is 18.3 Å². The van der Waals surface area contributed by atoms with Crippen molar-refractivity contribution >= 4 is 21.6 Å². The molecular weight excluding hydrogens is 154 g/mol. The molecule has 2 heterocycles.